The Balaban J connectivity index is 1.72. The number of pyridine rings is 1. The van der Waals surface area contributed by atoms with E-state index in [0.29, 0.717) is 12.3 Å². The van der Waals surface area contributed by atoms with Gasteiger partial charge in [0, 0.05) is 28.8 Å². The minimum Gasteiger partial charge on any atom is -0.325 e. The van der Waals surface area contributed by atoms with Crippen molar-refractivity contribution < 1.29 is 4.79 Å². The van der Waals surface area contributed by atoms with Crippen molar-refractivity contribution >= 4 is 11.4 Å². The number of allylic oxidation sites excluding steroid dienone is 3. The molecule has 0 saturated heterocycles. The maximum absolute atomic E-state index is 13.4. The first-order valence-electron chi connectivity index (χ1n) is 13.4. The molecule has 0 radical (unpaired) electrons. The molecule has 194 valence electrons. The zero-order chi connectivity index (χ0) is 26.6. The third-order valence-electron chi connectivity index (χ3n) is 7.74. The lowest BCUT2D eigenvalue weighted by Gasteiger charge is -2.33. The number of Topliss-reactive ketones (excluding diaryl/α,β-unsaturated/α-hetero) is 1. The van der Waals surface area contributed by atoms with Crippen molar-refractivity contribution in [3.63, 3.8) is 0 Å². The summed E-state index contributed by atoms with van der Waals surface area (Å²) in [6.07, 6.45) is 11.7. The minimum atomic E-state index is -0.0884. The van der Waals surface area contributed by atoms with Gasteiger partial charge >= 0.3 is 0 Å². The molecular weight excluding hydrogens is 456 g/mol. The van der Waals surface area contributed by atoms with Gasteiger partial charge < -0.3 is 5.73 Å². The monoisotopic (exact) mass is 496 g/mol. The summed E-state index contributed by atoms with van der Waals surface area (Å²) < 4.78 is 0. The number of H-pyrrole nitrogens is 1. The second-order valence-electron chi connectivity index (χ2n) is 11.0. The number of nitrogens with two attached hydrogens (primary N) is 1. The van der Waals surface area contributed by atoms with E-state index in [1.54, 1.807) is 0 Å². The number of aryl methyl sites for hydroxylation is 2. The highest BCUT2D eigenvalue weighted by Gasteiger charge is 2.28. The molecule has 37 heavy (non-hydrogen) atoms. The molecule has 0 unspecified atom stereocenters. The Labute approximate surface area is 221 Å². The van der Waals surface area contributed by atoms with E-state index >= 15 is 0 Å². The molecule has 2 heterocycles. The fraction of sp³-hybridized carbons (Fsp3) is 0.406. The van der Waals surface area contributed by atoms with E-state index in [1.807, 2.05) is 37.4 Å². The van der Waals surface area contributed by atoms with Crippen LogP contribution >= 0.6 is 0 Å². The Hall–Kier alpha value is -3.31. The number of nitrogens with one attached hydrogen (secondary N) is 1. The van der Waals surface area contributed by atoms with Gasteiger partial charge in [-0.15, -0.1) is 0 Å². The lowest BCUT2D eigenvalue weighted by atomic mass is 9.76. The second-order valence-corrected chi connectivity index (χ2v) is 11.0. The van der Waals surface area contributed by atoms with Gasteiger partial charge in [0.15, 0.2) is 5.78 Å². The molecule has 0 bridgehead atoms. The maximum atomic E-state index is 13.4. The summed E-state index contributed by atoms with van der Waals surface area (Å²) in [5.41, 5.74) is 15.1. The van der Waals surface area contributed by atoms with Crippen molar-refractivity contribution in [2.75, 3.05) is 0 Å². The first-order chi connectivity index (χ1) is 17.7. The van der Waals surface area contributed by atoms with Crippen molar-refractivity contribution in [3.05, 3.63) is 88.3 Å². The quantitative estimate of drug-likeness (QED) is 0.252. The highest BCUT2D eigenvalue weighted by molar-refractivity contribution is 5.98. The van der Waals surface area contributed by atoms with Gasteiger partial charge in [0.25, 0.3) is 0 Å². The highest BCUT2D eigenvalue weighted by Crippen LogP contribution is 2.35. The largest absolute Gasteiger partial charge is 0.325 e. The Kier molecular flexibility index (Phi) is 8.23. The van der Waals surface area contributed by atoms with Gasteiger partial charge in [0.2, 0.25) is 0 Å². The normalized spacial score (nSPS) is 20.8. The number of aromatic amines is 1. The predicted octanol–water partition coefficient (Wildman–Crippen LogP) is 7.36. The van der Waals surface area contributed by atoms with Crippen LogP contribution in [-0.2, 0) is 0 Å². The SMILES string of the molecule is CC/C(C)=C/C=C(\c1cc(C(=O)CC2CCC(C)(N)CC2)ccc1C)c1cn[nH]c1-c1cccc(C)n1. The molecule has 2 aromatic heterocycles. The third-order valence-corrected chi connectivity index (χ3v) is 7.74. The second kappa shape index (κ2) is 11.4. The van der Waals surface area contributed by atoms with Crippen LogP contribution in [0.25, 0.3) is 17.0 Å². The van der Waals surface area contributed by atoms with E-state index in [9.17, 15) is 4.79 Å². The van der Waals surface area contributed by atoms with Crippen LogP contribution in [0.1, 0.15) is 92.0 Å². The van der Waals surface area contributed by atoms with Crippen LogP contribution in [0.5, 0.6) is 0 Å². The molecule has 3 aromatic rings. The standard InChI is InChI=1S/C32H40N4O/c1-6-21(2)10-13-26(28-20-34-36-31(28)29-9-7-8-23(4)35-29)27-19-25(12-11-22(27)3)30(37)18-24-14-16-32(5,33)17-15-24/h7-13,19-20,24H,6,14-18,33H2,1-5H3,(H,34,36)/b21-10+,26-13+. The van der Waals surface area contributed by atoms with E-state index in [2.05, 4.69) is 62.2 Å². The number of carbonyl (C=O) groups excluding carboxylic acids is 1. The molecule has 1 aliphatic carbocycles. The lowest BCUT2D eigenvalue weighted by molar-refractivity contribution is 0.0940. The lowest BCUT2D eigenvalue weighted by Crippen LogP contribution is -2.40. The van der Waals surface area contributed by atoms with Crippen LogP contribution < -0.4 is 5.73 Å². The average Bonchev–Trinajstić information content (AvgIpc) is 3.36. The Morgan fingerprint density at radius 3 is 2.59 bits per heavy atom. The van der Waals surface area contributed by atoms with Crippen molar-refractivity contribution in [2.24, 2.45) is 11.7 Å². The molecule has 1 aliphatic rings. The first kappa shape index (κ1) is 26.7. The van der Waals surface area contributed by atoms with E-state index in [1.165, 1.54) is 5.57 Å². The molecule has 0 spiro atoms. The van der Waals surface area contributed by atoms with Crippen LogP contribution in [0, 0.1) is 19.8 Å². The van der Waals surface area contributed by atoms with Crippen molar-refractivity contribution in [1.82, 2.24) is 15.2 Å². The summed E-state index contributed by atoms with van der Waals surface area (Å²) in [6, 6.07) is 12.1. The molecule has 4 rings (SSSR count). The molecule has 1 aromatic carbocycles. The molecule has 5 heteroatoms. The Morgan fingerprint density at radius 2 is 1.89 bits per heavy atom. The van der Waals surface area contributed by atoms with Crippen LogP contribution in [0.4, 0.5) is 0 Å². The van der Waals surface area contributed by atoms with E-state index in [0.717, 1.165) is 77.0 Å². The number of ketones is 1. The van der Waals surface area contributed by atoms with Gasteiger partial charge in [-0.25, -0.2) is 0 Å². The van der Waals surface area contributed by atoms with Crippen molar-refractivity contribution in [2.45, 2.75) is 78.7 Å². The number of rotatable bonds is 8. The van der Waals surface area contributed by atoms with Gasteiger partial charge in [0.05, 0.1) is 17.6 Å². The summed E-state index contributed by atoms with van der Waals surface area (Å²) in [7, 11) is 0. The summed E-state index contributed by atoms with van der Waals surface area (Å²) >= 11 is 0. The molecule has 1 fully saturated rings. The maximum Gasteiger partial charge on any atom is 0.163 e. The number of aromatic nitrogens is 3. The zero-order valence-corrected chi connectivity index (χ0v) is 22.9. The zero-order valence-electron chi connectivity index (χ0n) is 22.9. The average molecular weight is 497 g/mol. The van der Waals surface area contributed by atoms with Crippen LogP contribution in [0.2, 0.25) is 0 Å². The molecule has 0 aliphatic heterocycles. The van der Waals surface area contributed by atoms with Crippen molar-refractivity contribution in [3.8, 4) is 11.4 Å². The van der Waals surface area contributed by atoms with Crippen LogP contribution in [0.15, 0.2) is 60.3 Å². The molecule has 0 atom stereocenters. The summed E-state index contributed by atoms with van der Waals surface area (Å²) in [5.74, 6) is 0.617. The highest BCUT2D eigenvalue weighted by atomic mass is 16.1. The van der Waals surface area contributed by atoms with Gasteiger partial charge in [-0.2, -0.15) is 5.10 Å². The van der Waals surface area contributed by atoms with Crippen molar-refractivity contribution in [1.29, 1.82) is 0 Å². The topological polar surface area (TPSA) is 84.7 Å². The van der Waals surface area contributed by atoms with Crippen LogP contribution in [-0.4, -0.2) is 26.5 Å². The number of benzene rings is 1. The predicted molar refractivity (Wildman–Crippen MR) is 152 cm³/mol. The van der Waals surface area contributed by atoms with Crippen LogP contribution in [0.3, 0.4) is 0 Å². The van der Waals surface area contributed by atoms with Gasteiger partial charge in [-0.1, -0.05) is 42.8 Å². The summed E-state index contributed by atoms with van der Waals surface area (Å²) in [6.45, 7) is 10.5. The molecular formula is C32H40N4O. The van der Waals surface area contributed by atoms with E-state index < -0.39 is 0 Å². The van der Waals surface area contributed by atoms with Gasteiger partial charge in [-0.05, 0) is 101 Å². The fourth-order valence-electron chi connectivity index (χ4n) is 5.04. The van der Waals surface area contributed by atoms with E-state index in [4.69, 9.17) is 10.7 Å². The number of carbonyl (C=O) groups is 1. The fourth-order valence-corrected chi connectivity index (χ4v) is 5.04. The smallest absolute Gasteiger partial charge is 0.163 e. The first-order valence-corrected chi connectivity index (χ1v) is 13.4. The minimum absolute atomic E-state index is 0.0884. The van der Waals surface area contributed by atoms with Gasteiger partial charge in [0.1, 0.15) is 0 Å². The Bertz CT molecular complexity index is 1320. The third kappa shape index (κ3) is 6.53. The number of nitrogens with zero attached hydrogens (tertiary/aromatic N) is 2. The summed E-state index contributed by atoms with van der Waals surface area (Å²) in [4.78, 5) is 18.1. The molecule has 5 nitrogen and oxygen atoms in total. The molecule has 3 N–H and O–H groups in total. The number of hydrogen-bond acceptors (Lipinski definition) is 4. The van der Waals surface area contributed by atoms with Gasteiger partial charge in [-0.3, -0.25) is 14.9 Å². The Morgan fingerprint density at radius 1 is 1.14 bits per heavy atom. The molecule has 0 amide bonds. The summed E-state index contributed by atoms with van der Waals surface area (Å²) in [5, 5.41) is 7.56. The molecule has 1 saturated carbocycles. The number of hydrogen-bond donors (Lipinski definition) is 2. The van der Waals surface area contributed by atoms with E-state index in [-0.39, 0.29) is 11.3 Å².